The van der Waals surface area contributed by atoms with Crippen molar-refractivity contribution in [3.05, 3.63) is 59.8 Å². The zero-order valence-electron chi connectivity index (χ0n) is 12.8. The zero-order chi connectivity index (χ0) is 17.1. The summed E-state index contributed by atoms with van der Waals surface area (Å²) in [6, 6.07) is 12.8. The van der Waals surface area contributed by atoms with E-state index < -0.39 is 5.97 Å². The highest BCUT2D eigenvalue weighted by atomic mass is 16.4. The Morgan fingerprint density at radius 2 is 2.00 bits per heavy atom. The lowest BCUT2D eigenvalue weighted by atomic mass is 9.94. The smallest absolute Gasteiger partial charge is 0.303 e. The van der Waals surface area contributed by atoms with Gasteiger partial charge in [0.05, 0.1) is 11.1 Å². The van der Waals surface area contributed by atoms with Crippen molar-refractivity contribution in [2.24, 2.45) is 0 Å². The molecule has 24 heavy (non-hydrogen) atoms. The molecule has 2 N–H and O–H groups in total. The minimum atomic E-state index is -0.957. The fourth-order valence-corrected chi connectivity index (χ4v) is 2.75. The second-order valence-electron chi connectivity index (χ2n) is 5.46. The van der Waals surface area contributed by atoms with Crippen molar-refractivity contribution >= 4 is 23.2 Å². The highest BCUT2D eigenvalue weighted by molar-refractivity contribution is 5.96. The molecule has 3 rings (SSSR count). The van der Waals surface area contributed by atoms with Crippen molar-refractivity contribution in [3.63, 3.8) is 0 Å². The number of hydrogen-bond donors (Lipinski definition) is 2. The number of rotatable bonds is 5. The number of aromatic hydroxyl groups is 1. The summed E-state index contributed by atoms with van der Waals surface area (Å²) in [4.78, 5) is 26.4. The lowest BCUT2D eigenvalue weighted by molar-refractivity contribution is -0.136. The van der Waals surface area contributed by atoms with E-state index >= 15 is 0 Å². The van der Waals surface area contributed by atoms with Gasteiger partial charge in [0.15, 0.2) is 6.29 Å². The van der Waals surface area contributed by atoms with Gasteiger partial charge in [-0.15, -0.1) is 0 Å². The standard InChI is InChI=1S/C19H15NO4/c21-11-14-10-13(9-12(19(14)24)6-7-18(22)23)15-3-1-5-17-16(15)4-2-8-20-17/h1-5,8-11,24H,6-7H2,(H,22,23). The molecule has 1 heterocycles. The monoisotopic (exact) mass is 321 g/mol. The van der Waals surface area contributed by atoms with Crippen LogP contribution in [-0.2, 0) is 11.2 Å². The zero-order valence-corrected chi connectivity index (χ0v) is 12.8. The van der Waals surface area contributed by atoms with Crippen molar-refractivity contribution in [3.8, 4) is 16.9 Å². The average Bonchev–Trinajstić information content (AvgIpc) is 2.60. The molecule has 0 spiro atoms. The molecule has 0 aliphatic rings. The minimum Gasteiger partial charge on any atom is -0.507 e. The van der Waals surface area contributed by atoms with E-state index in [2.05, 4.69) is 4.98 Å². The number of carboxylic acids is 1. The summed E-state index contributed by atoms with van der Waals surface area (Å²) in [5, 5.41) is 19.9. The molecule has 0 aliphatic heterocycles. The van der Waals surface area contributed by atoms with E-state index in [1.165, 1.54) is 0 Å². The second-order valence-corrected chi connectivity index (χ2v) is 5.46. The van der Waals surface area contributed by atoms with Gasteiger partial charge in [0, 0.05) is 18.0 Å². The maximum absolute atomic E-state index is 11.3. The number of hydrogen-bond acceptors (Lipinski definition) is 4. The Kier molecular flexibility index (Phi) is 4.24. The van der Waals surface area contributed by atoms with E-state index in [1.54, 1.807) is 18.3 Å². The van der Waals surface area contributed by atoms with Crippen LogP contribution in [0.25, 0.3) is 22.0 Å². The third-order valence-corrected chi connectivity index (χ3v) is 3.91. The summed E-state index contributed by atoms with van der Waals surface area (Å²) in [5.41, 5.74) is 3.03. The lowest BCUT2D eigenvalue weighted by Gasteiger charge is -2.12. The van der Waals surface area contributed by atoms with Crippen LogP contribution in [0.4, 0.5) is 0 Å². The minimum absolute atomic E-state index is 0.119. The molecule has 1 aromatic heterocycles. The predicted molar refractivity (Wildman–Crippen MR) is 90.2 cm³/mol. The van der Waals surface area contributed by atoms with E-state index in [1.807, 2.05) is 30.3 Å². The van der Waals surface area contributed by atoms with Crippen molar-refractivity contribution < 1.29 is 19.8 Å². The molecule has 0 aliphatic carbocycles. The number of fused-ring (bicyclic) bond motifs is 1. The maximum Gasteiger partial charge on any atom is 0.303 e. The maximum atomic E-state index is 11.3. The Morgan fingerprint density at radius 1 is 1.17 bits per heavy atom. The van der Waals surface area contributed by atoms with Crippen molar-refractivity contribution in [2.45, 2.75) is 12.8 Å². The molecule has 0 fully saturated rings. The summed E-state index contributed by atoms with van der Waals surface area (Å²) in [7, 11) is 0. The number of aromatic nitrogens is 1. The normalized spacial score (nSPS) is 10.7. The Bertz CT molecular complexity index is 929. The van der Waals surface area contributed by atoms with E-state index in [4.69, 9.17) is 5.11 Å². The number of aliphatic carboxylic acids is 1. The second kappa shape index (κ2) is 6.50. The molecule has 5 nitrogen and oxygen atoms in total. The van der Waals surface area contributed by atoms with Crippen molar-refractivity contribution in [1.82, 2.24) is 4.98 Å². The van der Waals surface area contributed by atoms with Crippen LogP contribution in [0.3, 0.4) is 0 Å². The fourth-order valence-electron chi connectivity index (χ4n) is 2.75. The molecule has 0 saturated heterocycles. The van der Waals surface area contributed by atoms with Gasteiger partial charge in [0.1, 0.15) is 5.75 Å². The highest BCUT2D eigenvalue weighted by Crippen LogP contribution is 2.33. The number of aryl methyl sites for hydroxylation is 1. The van der Waals surface area contributed by atoms with Crippen LogP contribution in [0.1, 0.15) is 22.3 Å². The molecule has 5 heteroatoms. The molecular weight excluding hydrogens is 306 g/mol. The number of aldehydes is 1. The molecule has 3 aromatic rings. The van der Waals surface area contributed by atoms with E-state index in [-0.39, 0.29) is 24.2 Å². The van der Waals surface area contributed by atoms with Crippen LogP contribution in [0, 0.1) is 0 Å². The van der Waals surface area contributed by atoms with Crippen LogP contribution in [0.15, 0.2) is 48.7 Å². The number of carboxylic acid groups (broad SMARTS) is 1. The van der Waals surface area contributed by atoms with Gasteiger partial charge in [0.25, 0.3) is 0 Å². The van der Waals surface area contributed by atoms with Crippen LogP contribution in [0.5, 0.6) is 5.75 Å². The fraction of sp³-hybridized carbons (Fsp3) is 0.105. The summed E-state index contributed by atoms with van der Waals surface area (Å²) in [5.74, 6) is -1.12. The third-order valence-electron chi connectivity index (χ3n) is 3.91. The van der Waals surface area contributed by atoms with Crippen molar-refractivity contribution in [2.75, 3.05) is 0 Å². The number of carbonyl (C=O) groups is 2. The predicted octanol–water partition coefficient (Wildman–Crippen LogP) is 3.44. The van der Waals surface area contributed by atoms with Gasteiger partial charge < -0.3 is 10.2 Å². The van der Waals surface area contributed by atoms with Gasteiger partial charge in [0.2, 0.25) is 0 Å². The number of pyridine rings is 1. The average molecular weight is 321 g/mol. The van der Waals surface area contributed by atoms with Gasteiger partial charge in [-0.3, -0.25) is 14.6 Å². The first-order valence-corrected chi connectivity index (χ1v) is 7.47. The van der Waals surface area contributed by atoms with Crippen LogP contribution >= 0.6 is 0 Å². The molecule has 0 radical (unpaired) electrons. The molecule has 120 valence electrons. The lowest BCUT2D eigenvalue weighted by Crippen LogP contribution is -1.99. The van der Waals surface area contributed by atoms with Crippen molar-refractivity contribution in [1.29, 1.82) is 0 Å². The van der Waals surface area contributed by atoms with E-state index in [0.717, 1.165) is 22.0 Å². The Labute approximate surface area is 138 Å². The number of phenols is 1. The first kappa shape index (κ1) is 15.7. The molecule has 0 saturated carbocycles. The summed E-state index contributed by atoms with van der Waals surface area (Å²) in [6.45, 7) is 0. The molecule has 0 unspecified atom stereocenters. The number of benzene rings is 2. The molecule has 2 aromatic carbocycles. The Hall–Kier alpha value is -3.21. The summed E-state index contributed by atoms with van der Waals surface area (Å²) in [6.07, 6.45) is 2.32. The van der Waals surface area contributed by atoms with Gasteiger partial charge >= 0.3 is 5.97 Å². The summed E-state index contributed by atoms with van der Waals surface area (Å²) >= 11 is 0. The van der Waals surface area contributed by atoms with E-state index in [9.17, 15) is 14.7 Å². The highest BCUT2D eigenvalue weighted by Gasteiger charge is 2.13. The first-order chi connectivity index (χ1) is 11.6. The van der Waals surface area contributed by atoms with Crippen LogP contribution in [-0.4, -0.2) is 27.5 Å². The van der Waals surface area contributed by atoms with E-state index in [0.29, 0.717) is 11.8 Å². The first-order valence-electron chi connectivity index (χ1n) is 7.47. The number of phenolic OH excluding ortho intramolecular Hbond substituents is 1. The quantitative estimate of drug-likeness (QED) is 0.703. The third kappa shape index (κ3) is 2.96. The molecule has 0 bridgehead atoms. The van der Waals surface area contributed by atoms with Gasteiger partial charge in [-0.05, 0) is 47.4 Å². The SMILES string of the molecule is O=Cc1cc(-c2cccc3ncccc23)cc(CCC(=O)O)c1O. The largest absolute Gasteiger partial charge is 0.507 e. The topological polar surface area (TPSA) is 87.5 Å². The Balaban J connectivity index is 2.18. The van der Waals surface area contributed by atoms with Gasteiger partial charge in [-0.25, -0.2) is 0 Å². The molecular formula is C19H15NO4. The van der Waals surface area contributed by atoms with Gasteiger partial charge in [-0.1, -0.05) is 18.2 Å². The van der Waals surface area contributed by atoms with Gasteiger partial charge in [-0.2, -0.15) is 0 Å². The number of nitrogens with zero attached hydrogens (tertiary/aromatic N) is 1. The summed E-state index contributed by atoms with van der Waals surface area (Å²) < 4.78 is 0. The van der Waals surface area contributed by atoms with Crippen LogP contribution in [0.2, 0.25) is 0 Å². The number of carbonyl (C=O) groups excluding carboxylic acids is 1. The molecule has 0 atom stereocenters. The molecule has 0 amide bonds. The van der Waals surface area contributed by atoms with Crippen LogP contribution < -0.4 is 0 Å². The Morgan fingerprint density at radius 3 is 2.75 bits per heavy atom.